The Morgan fingerprint density at radius 3 is 2.71 bits per heavy atom. The molecular formula is C12H15ClN2OS. The second-order valence-electron chi connectivity index (χ2n) is 4.07. The van der Waals surface area contributed by atoms with Crippen molar-refractivity contribution in [2.75, 3.05) is 25.4 Å². The summed E-state index contributed by atoms with van der Waals surface area (Å²) in [6, 6.07) is 7.52. The monoisotopic (exact) mass is 270 g/mol. The molecule has 1 aliphatic heterocycles. The van der Waals surface area contributed by atoms with Gasteiger partial charge in [0.25, 0.3) is 0 Å². The number of amides is 1. The number of halogens is 1. The zero-order valence-electron chi connectivity index (χ0n) is 9.41. The van der Waals surface area contributed by atoms with Gasteiger partial charge in [0, 0.05) is 35.5 Å². The summed E-state index contributed by atoms with van der Waals surface area (Å²) in [5, 5.41) is 6.84. The Kier molecular flexibility index (Phi) is 4.71. The Morgan fingerprint density at radius 2 is 2.12 bits per heavy atom. The molecule has 0 spiro atoms. The molecule has 0 bridgehead atoms. The van der Waals surface area contributed by atoms with E-state index in [0.29, 0.717) is 11.7 Å². The van der Waals surface area contributed by atoms with Crippen molar-refractivity contribution in [1.29, 1.82) is 0 Å². The van der Waals surface area contributed by atoms with Crippen LogP contribution in [0, 0.1) is 5.92 Å². The van der Waals surface area contributed by atoms with Gasteiger partial charge in [-0.2, -0.15) is 0 Å². The number of hydrogen-bond donors (Lipinski definition) is 2. The Hall–Kier alpha value is -0.710. The van der Waals surface area contributed by atoms with Crippen LogP contribution in [0.5, 0.6) is 0 Å². The lowest BCUT2D eigenvalue weighted by atomic mass is 10.0. The summed E-state index contributed by atoms with van der Waals surface area (Å²) < 4.78 is 0. The highest BCUT2D eigenvalue weighted by Gasteiger charge is 2.16. The second kappa shape index (κ2) is 6.28. The number of hydrogen-bond acceptors (Lipinski definition) is 3. The van der Waals surface area contributed by atoms with Crippen molar-refractivity contribution in [1.82, 2.24) is 10.6 Å². The van der Waals surface area contributed by atoms with Gasteiger partial charge in [0.15, 0.2) is 0 Å². The van der Waals surface area contributed by atoms with Gasteiger partial charge >= 0.3 is 0 Å². The molecule has 2 rings (SSSR count). The maximum Gasteiger partial charge on any atom is 0.230 e. The average Bonchev–Trinajstić information content (AvgIpc) is 2.26. The number of rotatable bonds is 5. The van der Waals surface area contributed by atoms with Gasteiger partial charge in [0.05, 0.1) is 5.75 Å². The van der Waals surface area contributed by atoms with Crippen molar-refractivity contribution in [2.24, 2.45) is 5.92 Å². The Labute approximate surface area is 110 Å². The van der Waals surface area contributed by atoms with Crippen LogP contribution >= 0.6 is 23.4 Å². The van der Waals surface area contributed by atoms with Crippen LogP contribution < -0.4 is 10.6 Å². The quantitative estimate of drug-likeness (QED) is 0.802. The molecule has 3 nitrogen and oxygen atoms in total. The predicted octanol–water partition coefficient (Wildman–Crippen LogP) is 1.77. The van der Waals surface area contributed by atoms with Crippen LogP contribution in [0.15, 0.2) is 29.2 Å². The fourth-order valence-corrected chi connectivity index (χ4v) is 2.34. The molecule has 0 aliphatic carbocycles. The second-order valence-corrected chi connectivity index (χ2v) is 5.56. The van der Waals surface area contributed by atoms with Gasteiger partial charge in [0.2, 0.25) is 5.91 Å². The van der Waals surface area contributed by atoms with Crippen LogP contribution in [0.1, 0.15) is 0 Å². The van der Waals surface area contributed by atoms with Crippen molar-refractivity contribution < 1.29 is 4.79 Å². The summed E-state index contributed by atoms with van der Waals surface area (Å²) in [4.78, 5) is 12.6. The summed E-state index contributed by atoms with van der Waals surface area (Å²) >= 11 is 7.32. The highest BCUT2D eigenvalue weighted by atomic mass is 35.5. The molecule has 0 atom stereocenters. The maximum atomic E-state index is 11.5. The maximum absolute atomic E-state index is 11.5. The molecule has 1 fully saturated rings. The molecule has 1 amide bonds. The molecule has 0 radical (unpaired) electrons. The van der Waals surface area contributed by atoms with Crippen LogP contribution in [0.25, 0.3) is 0 Å². The van der Waals surface area contributed by atoms with Gasteiger partial charge in [-0.1, -0.05) is 11.6 Å². The smallest absolute Gasteiger partial charge is 0.230 e. The van der Waals surface area contributed by atoms with Crippen molar-refractivity contribution in [2.45, 2.75) is 4.90 Å². The van der Waals surface area contributed by atoms with Crippen LogP contribution in [0.3, 0.4) is 0 Å². The number of thioether (sulfide) groups is 1. The minimum absolute atomic E-state index is 0.0943. The molecule has 0 aromatic heterocycles. The molecule has 0 saturated carbocycles. The van der Waals surface area contributed by atoms with Gasteiger partial charge in [-0.25, -0.2) is 0 Å². The predicted molar refractivity (Wildman–Crippen MR) is 71.5 cm³/mol. The first-order chi connectivity index (χ1) is 8.24. The van der Waals surface area contributed by atoms with Gasteiger partial charge in [0.1, 0.15) is 0 Å². The Morgan fingerprint density at radius 1 is 1.41 bits per heavy atom. The van der Waals surface area contributed by atoms with E-state index in [4.69, 9.17) is 11.6 Å². The first-order valence-corrected chi connectivity index (χ1v) is 6.96. The van der Waals surface area contributed by atoms with Gasteiger partial charge in [-0.3, -0.25) is 4.79 Å². The summed E-state index contributed by atoms with van der Waals surface area (Å²) in [6.07, 6.45) is 0. The molecule has 17 heavy (non-hydrogen) atoms. The normalized spacial score (nSPS) is 15.4. The largest absolute Gasteiger partial charge is 0.355 e. The van der Waals surface area contributed by atoms with Crippen molar-refractivity contribution in [3.05, 3.63) is 29.3 Å². The standard InChI is InChI=1S/C12H15ClN2OS/c13-10-1-3-11(4-2-10)17-8-12(16)15-7-9-5-14-6-9/h1-4,9,14H,5-8H2,(H,15,16). The third-order valence-electron chi connectivity index (χ3n) is 2.64. The summed E-state index contributed by atoms with van der Waals surface area (Å²) in [6.45, 7) is 2.82. The topological polar surface area (TPSA) is 41.1 Å². The fraction of sp³-hybridized carbons (Fsp3) is 0.417. The summed E-state index contributed by atoms with van der Waals surface area (Å²) in [7, 11) is 0. The average molecular weight is 271 g/mol. The van der Waals surface area contributed by atoms with Crippen LogP contribution in [-0.2, 0) is 4.79 Å². The number of carbonyl (C=O) groups is 1. The molecule has 1 heterocycles. The first kappa shape index (κ1) is 12.7. The summed E-state index contributed by atoms with van der Waals surface area (Å²) in [5.41, 5.74) is 0. The summed E-state index contributed by atoms with van der Waals surface area (Å²) in [5.74, 6) is 1.17. The van der Waals surface area contributed by atoms with Crippen molar-refractivity contribution in [3.63, 3.8) is 0 Å². The zero-order chi connectivity index (χ0) is 12.1. The molecule has 92 valence electrons. The van der Waals surface area contributed by atoms with Crippen LogP contribution in [-0.4, -0.2) is 31.3 Å². The van der Waals surface area contributed by atoms with E-state index in [2.05, 4.69) is 10.6 Å². The Bertz CT molecular complexity index is 379. The van der Waals surface area contributed by atoms with E-state index in [-0.39, 0.29) is 5.91 Å². The van der Waals surface area contributed by atoms with Crippen molar-refractivity contribution >= 4 is 29.3 Å². The minimum atomic E-state index is 0.0943. The van der Waals surface area contributed by atoms with E-state index in [0.717, 1.165) is 29.6 Å². The highest BCUT2D eigenvalue weighted by molar-refractivity contribution is 8.00. The highest BCUT2D eigenvalue weighted by Crippen LogP contribution is 2.19. The van der Waals surface area contributed by atoms with Gasteiger partial charge in [-0.15, -0.1) is 11.8 Å². The first-order valence-electron chi connectivity index (χ1n) is 5.60. The van der Waals surface area contributed by atoms with E-state index in [9.17, 15) is 4.79 Å². The molecule has 0 unspecified atom stereocenters. The molecule has 5 heteroatoms. The Balaban J connectivity index is 1.66. The molecular weight excluding hydrogens is 256 g/mol. The van der Waals surface area contributed by atoms with E-state index in [1.807, 2.05) is 24.3 Å². The van der Waals surface area contributed by atoms with E-state index in [1.165, 1.54) is 11.8 Å². The SMILES string of the molecule is O=C(CSc1ccc(Cl)cc1)NCC1CNC1. The van der Waals surface area contributed by atoms with E-state index < -0.39 is 0 Å². The van der Waals surface area contributed by atoms with Gasteiger partial charge < -0.3 is 10.6 Å². The van der Waals surface area contributed by atoms with E-state index in [1.54, 1.807) is 0 Å². The van der Waals surface area contributed by atoms with Crippen LogP contribution in [0.2, 0.25) is 5.02 Å². The molecule has 1 saturated heterocycles. The lowest BCUT2D eigenvalue weighted by Gasteiger charge is -2.27. The number of carbonyl (C=O) groups excluding carboxylic acids is 1. The lowest BCUT2D eigenvalue weighted by molar-refractivity contribution is -0.118. The molecule has 2 N–H and O–H groups in total. The zero-order valence-corrected chi connectivity index (χ0v) is 11.0. The van der Waals surface area contributed by atoms with E-state index >= 15 is 0 Å². The number of benzene rings is 1. The molecule has 1 aliphatic rings. The minimum Gasteiger partial charge on any atom is -0.355 e. The fourth-order valence-electron chi connectivity index (χ4n) is 1.48. The lowest BCUT2D eigenvalue weighted by Crippen LogP contribution is -2.48. The molecule has 1 aromatic carbocycles. The third-order valence-corrected chi connectivity index (χ3v) is 3.90. The third kappa shape index (κ3) is 4.22. The molecule has 1 aromatic rings. The van der Waals surface area contributed by atoms with Gasteiger partial charge in [-0.05, 0) is 24.3 Å². The van der Waals surface area contributed by atoms with Crippen LogP contribution in [0.4, 0.5) is 0 Å². The number of nitrogens with one attached hydrogen (secondary N) is 2. The van der Waals surface area contributed by atoms with Crippen molar-refractivity contribution in [3.8, 4) is 0 Å².